The summed E-state index contributed by atoms with van der Waals surface area (Å²) in [6, 6.07) is 5.80. The van der Waals surface area contributed by atoms with Gasteiger partial charge in [-0.3, -0.25) is 9.69 Å². The van der Waals surface area contributed by atoms with Crippen LogP contribution in [0.25, 0.3) is 0 Å². The molecule has 2 aliphatic carbocycles. The van der Waals surface area contributed by atoms with E-state index in [4.69, 9.17) is 33.7 Å². The van der Waals surface area contributed by atoms with Gasteiger partial charge in [0.15, 0.2) is 5.60 Å². The molecule has 2 fully saturated rings. The molecule has 0 atom stereocenters. The van der Waals surface area contributed by atoms with Crippen LogP contribution in [0.15, 0.2) is 29.8 Å². The fraction of sp³-hybridized carbons (Fsp3) is 0.600. The Morgan fingerprint density at radius 1 is 1.09 bits per heavy atom. The molecule has 8 heteroatoms. The molecular formula is C25H33Cl2N3O3. The number of carbonyl (C=O) groups excluding carboxylic acids is 2. The molecule has 2 N–H and O–H groups in total. The molecule has 0 radical (unpaired) electrons. The minimum absolute atomic E-state index is 0.357. The number of esters is 1. The molecule has 4 rings (SSSR count). The largest absolute Gasteiger partial charge is 0.446 e. The highest BCUT2D eigenvalue weighted by atomic mass is 35.5. The predicted octanol–water partition coefficient (Wildman–Crippen LogP) is 4.57. The van der Waals surface area contributed by atoms with Gasteiger partial charge in [-0.15, -0.1) is 0 Å². The number of allylic oxidation sites excluding steroid dienone is 1. The van der Waals surface area contributed by atoms with Crippen molar-refractivity contribution >= 4 is 40.8 Å². The first-order valence-electron chi connectivity index (χ1n) is 12.0. The smallest absolute Gasteiger partial charge is 0.334 e. The first-order valence-corrected chi connectivity index (χ1v) is 12.8. The second-order valence-corrected chi connectivity index (χ2v) is 10.3. The van der Waals surface area contributed by atoms with Crippen LogP contribution in [0, 0.1) is 5.92 Å². The van der Waals surface area contributed by atoms with Gasteiger partial charge in [-0.25, -0.2) is 4.79 Å². The summed E-state index contributed by atoms with van der Waals surface area (Å²) < 4.78 is 5.72. The summed E-state index contributed by atoms with van der Waals surface area (Å²) in [4.78, 5) is 29.5. The lowest BCUT2D eigenvalue weighted by molar-refractivity contribution is -0.168. The molecule has 3 aliphatic rings. The first-order chi connectivity index (χ1) is 15.9. The Hall–Kier alpha value is -1.76. The fourth-order valence-electron chi connectivity index (χ4n) is 5.21. The lowest BCUT2D eigenvalue weighted by atomic mass is 9.77. The van der Waals surface area contributed by atoms with Crippen molar-refractivity contribution in [3.63, 3.8) is 0 Å². The Balaban J connectivity index is 1.22. The molecular weight excluding hydrogens is 461 g/mol. The van der Waals surface area contributed by atoms with Crippen LogP contribution < -0.4 is 10.6 Å². The van der Waals surface area contributed by atoms with Crippen LogP contribution in [0.4, 0.5) is 5.69 Å². The van der Waals surface area contributed by atoms with Crippen LogP contribution in [0.5, 0.6) is 0 Å². The number of nitrogens with two attached hydrogens (primary N) is 1. The molecule has 1 saturated heterocycles. The maximum Gasteiger partial charge on any atom is 0.334 e. The van der Waals surface area contributed by atoms with Crippen molar-refractivity contribution in [2.24, 2.45) is 11.7 Å². The molecule has 0 bridgehead atoms. The third-order valence-electron chi connectivity index (χ3n) is 7.45. The predicted molar refractivity (Wildman–Crippen MR) is 132 cm³/mol. The molecule has 1 saturated carbocycles. The molecule has 1 aromatic carbocycles. The number of rotatable bonds is 7. The van der Waals surface area contributed by atoms with Gasteiger partial charge >= 0.3 is 5.97 Å². The van der Waals surface area contributed by atoms with Gasteiger partial charge in [-0.2, -0.15) is 0 Å². The number of carbonyl (C=O) groups is 2. The molecule has 0 aromatic heterocycles. The molecule has 180 valence electrons. The average molecular weight is 494 g/mol. The van der Waals surface area contributed by atoms with Crippen molar-refractivity contribution in [2.75, 3.05) is 37.6 Å². The van der Waals surface area contributed by atoms with Gasteiger partial charge in [0.1, 0.15) is 0 Å². The highest BCUT2D eigenvalue weighted by molar-refractivity contribution is 6.42. The third kappa shape index (κ3) is 5.84. The van der Waals surface area contributed by atoms with E-state index >= 15 is 0 Å². The molecule has 1 aromatic rings. The maximum absolute atomic E-state index is 12.5. The van der Waals surface area contributed by atoms with E-state index in [2.05, 4.69) is 9.80 Å². The number of hydrogen-bond donors (Lipinski definition) is 1. The summed E-state index contributed by atoms with van der Waals surface area (Å²) in [7, 11) is 0. The van der Waals surface area contributed by atoms with Crippen LogP contribution in [-0.4, -0.2) is 55.1 Å². The highest BCUT2D eigenvalue weighted by Crippen LogP contribution is 2.38. The molecule has 0 unspecified atom stereocenters. The van der Waals surface area contributed by atoms with Gasteiger partial charge in [0.25, 0.3) is 5.91 Å². The van der Waals surface area contributed by atoms with Crippen LogP contribution in [0.2, 0.25) is 10.0 Å². The van der Waals surface area contributed by atoms with Crippen molar-refractivity contribution in [1.29, 1.82) is 0 Å². The van der Waals surface area contributed by atoms with E-state index in [0.29, 0.717) is 34.4 Å². The summed E-state index contributed by atoms with van der Waals surface area (Å²) in [5.41, 5.74) is 6.37. The number of piperazine rings is 1. The standard InChI is InChI=1S/C25H33Cl2N3O3/c26-21-6-5-20(17-22(21)27)30-15-13-29(14-16-30)12-9-18-7-10-25(11-8-18,24(28)32)33-23(31)19-3-1-2-4-19/h3,5-6,17-18H,1-2,4,7-16H2,(H2,28,32). The number of primary amides is 1. The topological polar surface area (TPSA) is 75.9 Å². The quantitative estimate of drug-likeness (QED) is 0.562. The van der Waals surface area contributed by atoms with Crippen molar-refractivity contribution in [1.82, 2.24) is 4.90 Å². The number of ether oxygens (including phenoxy) is 1. The number of benzene rings is 1. The molecule has 1 heterocycles. The van der Waals surface area contributed by atoms with Gasteiger partial charge in [0, 0.05) is 37.4 Å². The Kier molecular flexibility index (Phi) is 7.87. The maximum atomic E-state index is 12.5. The normalized spacial score (nSPS) is 26.2. The van der Waals surface area contributed by atoms with E-state index in [1.807, 2.05) is 24.3 Å². The highest BCUT2D eigenvalue weighted by Gasteiger charge is 2.44. The monoisotopic (exact) mass is 493 g/mol. The average Bonchev–Trinajstić information content (AvgIpc) is 3.36. The lowest BCUT2D eigenvalue weighted by Crippen LogP contribution is -2.50. The van der Waals surface area contributed by atoms with E-state index in [9.17, 15) is 9.59 Å². The Bertz CT molecular complexity index is 904. The van der Waals surface area contributed by atoms with E-state index in [0.717, 1.165) is 76.9 Å². The van der Waals surface area contributed by atoms with E-state index in [-0.39, 0.29) is 5.97 Å². The van der Waals surface area contributed by atoms with E-state index < -0.39 is 11.5 Å². The second kappa shape index (κ2) is 10.7. The zero-order valence-corrected chi connectivity index (χ0v) is 20.5. The molecule has 33 heavy (non-hydrogen) atoms. The summed E-state index contributed by atoms with van der Waals surface area (Å²) in [5, 5.41) is 1.17. The number of amides is 1. The first kappa shape index (κ1) is 24.4. The minimum Gasteiger partial charge on any atom is -0.446 e. The molecule has 6 nitrogen and oxygen atoms in total. The summed E-state index contributed by atoms with van der Waals surface area (Å²) >= 11 is 12.2. The van der Waals surface area contributed by atoms with Crippen LogP contribution in [0.3, 0.4) is 0 Å². The number of halogens is 2. The van der Waals surface area contributed by atoms with Crippen molar-refractivity contribution in [3.8, 4) is 0 Å². The van der Waals surface area contributed by atoms with Crippen molar-refractivity contribution in [3.05, 3.63) is 39.9 Å². The Morgan fingerprint density at radius 2 is 1.82 bits per heavy atom. The van der Waals surface area contributed by atoms with Gasteiger partial charge in [0.2, 0.25) is 0 Å². The Morgan fingerprint density at radius 3 is 2.42 bits per heavy atom. The zero-order chi connectivity index (χ0) is 23.4. The summed E-state index contributed by atoms with van der Waals surface area (Å²) in [6.07, 6.45) is 8.38. The van der Waals surface area contributed by atoms with Crippen LogP contribution in [-0.2, 0) is 14.3 Å². The minimum atomic E-state index is -1.14. The zero-order valence-electron chi connectivity index (χ0n) is 19.0. The number of hydrogen-bond acceptors (Lipinski definition) is 5. The van der Waals surface area contributed by atoms with Gasteiger partial charge in [0.05, 0.1) is 10.0 Å². The van der Waals surface area contributed by atoms with Gasteiger partial charge < -0.3 is 15.4 Å². The van der Waals surface area contributed by atoms with Gasteiger partial charge in [-0.05, 0) is 82.0 Å². The van der Waals surface area contributed by atoms with Crippen molar-refractivity contribution < 1.29 is 14.3 Å². The van der Waals surface area contributed by atoms with Gasteiger partial charge in [-0.1, -0.05) is 29.3 Å². The summed E-state index contributed by atoms with van der Waals surface area (Å²) in [5.74, 6) is -0.342. The lowest BCUT2D eigenvalue weighted by Gasteiger charge is -2.39. The second-order valence-electron chi connectivity index (χ2n) is 9.53. The van der Waals surface area contributed by atoms with E-state index in [1.165, 1.54) is 0 Å². The number of anilines is 1. The summed E-state index contributed by atoms with van der Waals surface area (Å²) in [6.45, 7) is 4.96. The SMILES string of the molecule is NC(=O)C1(OC(=O)C2=CCCC2)CCC(CCN2CCN(c3ccc(Cl)c(Cl)c3)CC2)CC1. The molecule has 1 aliphatic heterocycles. The Labute approximate surface area is 206 Å². The number of nitrogens with zero attached hydrogens (tertiary/aromatic N) is 2. The molecule has 0 spiro atoms. The molecule has 1 amide bonds. The van der Waals surface area contributed by atoms with Crippen molar-refractivity contribution in [2.45, 2.75) is 57.0 Å². The fourth-order valence-corrected chi connectivity index (χ4v) is 5.50. The van der Waals surface area contributed by atoms with Crippen LogP contribution in [0.1, 0.15) is 51.4 Å². The third-order valence-corrected chi connectivity index (χ3v) is 8.19. The van der Waals surface area contributed by atoms with Crippen LogP contribution >= 0.6 is 23.2 Å². The van der Waals surface area contributed by atoms with E-state index in [1.54, 1.807) is 0 Å².